The van der Waals surface area contributed by atoms with Crippen LogP contribution in [0.4, 0.5) is 0 Å². The van der Waals surface area contributed by atoms with E-state index >= 15 is 0 Å². The van der Waals surface area contributed by atoms with Crippen LogP contribution in [-0.2, 0) is 9.53 Å². The van der Waals surface area contributed by atoms with Gasteiger partial charge in [-0.15, -0.1) is 0 Å². The molecule has 0 aromatic rings. The molecular formula is C14H28N2O2. The maximum atomic E-state index is 11.6. The van der Waals surface area contributed by atoms with Gasteiger partial charge >= 0.3 is 5.97 Å². The highest BCUT2D eigenvalue weighted by Gasteiger charge is 2.21. The molecule has 4 nitrogen and oxygen atoms in total. The Hall–Kier alpha value is -0.610. The Morgan fingerprint density at radius 3 is 2.61 bits per heavy atom. The lowest BCUT2D eigenvalue weighted by atomic mass is 10.1. The van der Waals surface area contributed by atoms with Crippen LogP contribution in [0.25, 0.3) is 0 Å². The average molecular weight is 256 g/mol. The summed E-state index contributed by atoms with van der Waals surface area (Å²) in [7, 11) is 0. The van der Waals surface area contributed by atoms with Gasteiger partial charge in [-0.2, -0.15) is 0 Å². The van der Waals surface area contributed by atoms with Crippen molar-refractivity contribution in [2.75, 3.05) is 19.7 Å². The molecule has 0 radical (unpaired) electrons. The molecule has 2 N–H and O–H groups in total. The van der Waals surface area contributed by atoms with E-state index in [0.717, 1.165) is 25.7 Å². The summed E-state index contributed by atoms with van der Waals surface area (Å²) in [6.07, 6.45) is 6.26. The van der Waals surface area contributed by atoms with Crippen molar-refractivity contribution < 1.29 is 9.53 Å². The third-order valence-electron chi connectivity index (χ3n) is 3.70. The number of carbonyl (C=O) groups excluding carboxylic acids is 1. The van der Waals surface area contributed by atoms with Crippen molar-refractivity contribution in [1.82, 2.24) is 4.90 Å². The van der Waals surface area contributed by atoms with E-state index < -0.39 is 6.04 Å². The monoisotopic (exact) mass is 256 g/mol. The highest BCUT2D eigenvalue weighted by molar-refractivity contribution is 5.75. The standard InChI is InChI=1S/C14H28N2O2/c1-3-4-11-18-14(17)13(15)8-7-12(2)16-9-5-6-10-16/h12-13H,3-11,15H2,1-2H3. The topological polar surface area (TPSA) is 55.6 Å². The molecule has 1 saturated heterocycles. The number of nitrogens with zero attached hydrogens (tertiary/aromatic N) is 1. The second-order valence-electron chi connectivity index (χ2n) is 5.30. The number of nitrogens with two attached hydrogens (primary N) is 1. The number of rotatable bonds is 8. The molecule has 0 aromatic carbocycles. The minimum Gasteiger partial charge on any atom is -0.465 e. The van der Waals surface area contributed by atoms with E-state index in [4.69, 9.17) is 10.5 Å². The van der Waals surface area contributed by atoms with E-state index in [2.05, 4.69) is 18.7 Å². The third kappa shape index (κ3) is 5.36. The quantitative estimate of drug-likeness (QED) is 0.532. The molecule has 2 atom stereocenters. The number of carbonyl (C=O) groups is 1. The van der Waals surface area contributed by atoms with Crippen LogP contribution in [0.1, 0.15) is 52.4 Å². The molecule has 1 aliphatic heterocycles. The maximum absolute atomic E-state index is 11.6. The Morgan fingerprint density at radius 1 is 1.33 bits per heavy atom. The van der Waals surface area contributed by atoms with Gasteiger partial charge in [0, 0.05) is 6.04 Å². The molecule has 18 heavy (non-hydrogen) atoms. The third-order valence-corrected chi connectivity index (χ3v) is 3.70. The summed E-state index contributed by atoms with van der Waals surface area (Å²) in [5, 5.41) is 0. The summed E-state index contributed by atoms with van der Waals surface area (Å²) in [5.74, 6) is -0.239. The summed E-state index contributed by atoms with van der Waals surface area (Å²) in [6, 6.07) is 0.0777. The Morgan fingerprint density at radius 2 is 2.00 bits per heavy atom. The fourth-order valence-electron chi connectivity index (χ4n) is 2.33. The van der Waals surface area contributed by atoms with Crippen molar-refractivity contribution in [3.05, 3.63) is 0 Å². The number of likely N-dealkylation sites (tertiary alicyclic amines) is 1. The zero-order chi connectivity index (χ0) is 13.4. The van der Waals surface area contributed by atoms with Crippen LogP contribution in [0.2, 0.25) is 0 Å². The van der Waals surface area contributed by atoms with Crippen molar-refractivity contribution in [3.63, 3.8) is 0 Å². The van der Waals surface area contributed by atoms with Gasteiger partial charge in [-0.1, -0.05) is 13.3 Å². The van der Waals surface area contributed by atoms with Gasteiger partial charge in [0.1, 0.15) is 6.04 Å². The largest absolute Gasteiger partial charge is 0.465 e. The summed E-state index contributed by atoms with van der Waals surface area (Å²) in [6.45, 7) is 7.19. The van der Waals surface area contributed by atoms with Crippen LogP contribution in [0.5, 0.6) is 0 Å². The lowest BCUT2D eigenvalue weighted by Gasteiger charge is -2.24. The number of hydrogen-bond donors (Lipinski definition) is 1. The number of unbranched alkanes of at least 4 members (excludes halogenated alkanes) is 1. The predicted molar refractivity (Wildman–Crippen MR) is 73.3 cm³/mol. The van der Waals surface area contributed by atoms with Gasteiger partial charge in [-0.3, -0.25) is 4.79 Å². The van der Waals surface area contributed by atoms with E-state index in [-0.39, 0.29) is 5.97 Å². The molecule has 4 heteroatoms. The summed E-state index contributed by atoms with van der Waals surface area (Å²) >= 11 is 0. The van der Waals surface area contributed by atoms with Crippen molar-refractivity contribution >= 4 is 5.97 Å². The molecule has 0 saturated carbocycles. The normalized spacial score (nSPS) is 19.7. The predicted octanol–water partition coefficient (Wildman–Crippen LogP) is 1.92. The SMILES string of the molecule is CCCCOC(=O)C(N)CCC(C)N1CCCC1. The Balaban J connectivity index is 2.14. The van der Waals surface area contributed by atoms with E-state index in [1.54, 1.807) is 0 Å². The fraction of sp³-hybridized carbons (Fsp3) is 0.929. The summed E-state index contributed by atoms with van der Waals surface area (Å²) in [4.78, 5) is 14.1. The van der Waals surface area contributed by atoms with Gasteiger partial charge in [0.2, 0.25) is 0 Å². The molecule has 1 fully saturated rings. The van der Waals surface area contributed by atoms with Gasteiger partial charge in [0.25, 0.3) is 0 Å². The van der Waals surface area contributed by atoms with Crippen molar-refractivity contribution in [2.24, 2.45) is 5.73 Å². The van der Waals surface area contributed by atoms with Gasteiger partial charge in [-0.05, 0) is 52.1 Å². The van der Waals surface area contributed by atoms with Crippen LogP contribution in [0.15, 0.2) is 0 Å². The van der Waals surface area contributed by atoms with Gasteiger partial charge < -0.3 is 15.4 Å². The number of ether oxygens (including phenoxy) is 1. The summed E-state index contributed by atoms with van der Waals surface area (Å²) < 4.78 is 5.12. The zero-order valence-electron chi connectivity index (χ0n) is 11.9. The van der Waals surface area contributed by atoms with Crippen LogP contribution in [-0.4, -0.2) is 42.6 Å². The highest BCUT2D eigenvalue weighted by atomic mass is 16.5. The van der Waals surface area contributed by atoms with Crippen LogP contribution >= 0.6 is 0 Å². The average Bonchev–Trinajstić information content (AvgIpc) is 2.89. The first-order valence-electron chi connectivity index (χ1n) is 7.31. The lowest BCUT2D eigenvalue weighted by Crippen LogP contribution is -2.36. The highest BCUT2D eigenvalue weighted by Crippen LogP contribution is 2.15. The molecule has 2 unspecified atom stereocenters. The Labute approximate surface area is 111 Å². The molecule has 0 bridgehead atoms. The zero-order valence-corrected chi connectivity index (χ0v) is 11.9. The van der Waals surface area contributed by atoms with E-state index in [9.17, 15) is 4.79 Å². The maximum Gasteiger partial charge on any atom is 0.322 e. The van der Waals surface area contributed by atoms with Crippen molar-refractivity contribution in [3.8, 4) is 0 Å². The second kappa shape index (κ2) is 8.48. The first-order valence-corrected chi connectivity index (χ1v) is 7.31. The minimum atomic E-state index is -0.452. The van der Waals surface area contributed by atoms with Crippen LogP contribution in [0, 0.1) is 0 Å². The molecule has 1 heterocycles. The molecule has 1 aliphatic rings. The molecular weight excluding hydrogens is 228 g/mol. The minimum absolute atomic E-state index is 0.239. The molecule has 0 aromatic heterocycles. The first-order chi connectivity index (χ1) is 8.65. The van der Waals surface area contributed by atoms with Crippen LogP contribution in [0.3, 0.4) is 0 Å². The second-order valence-corrected chi connectivity index (χ2v) is 5.30. The lowest BCUT2D eigenvalue weighted by molar-refractivity contribution is -0.145. The molecule has 1 rings (SSSR count). The van der Waals surface area contributed by atoms with Gasteiger partial charge in [0.15, 0.2) is 0 Å². The first kappa shape index (κ1) is 15.4. The number of esters is 1. The van der Waals surface area contributed by atoms with Crippen molar-refractivity contribution in [2.45, 2.75) is 64.5 Å². The molecule has 0 amide bonds. The van der Waals surface area contributed by atoms with E-state index in [0.29, 0.717) is 12.6 Å². The van der Waals surface area contributed by atoms with E-state index in [1.807, 2.05) is 0 Å². The smallest absolute Gasteiger partial charge is 0.322 e. The summed E-state index contributed by atoms with van der Waals surface area (Å²) in [5.41, 5.74) is 5.85. The Kier molecular flexibility index (Phi) is 7.28. The van der Waals surface area contributed by atoms with Gasteiger partial charge in [-0.25, -0.2) is 0 Å². The number of hydrogen-bond acceptors (Lipinski definition) is 4. The van der Waals surface area contributed by atoms with Gasteiger partial charge in [0.05, 0.1) is 6.61 Å². The fourth-order valence-corrected chi connectivity index (χ4v) is 2.33. The molecule has 0 aliphatic carbocycles. The van der Waals surface area contributed by atoms with Crippen LogP contribution < -0.4 is 5.73 Å². The molecule has 0 spiro atoms. The van der Waals surface area contributed by atoms with Crippen molar-refractivity contribution in [1.29, 1.82) is 0 Å². The molecule has 106 valence electrons. The van der Waals surface area contributed by atoms with E-state index in [1.165, 1.54) is 25.9 Å². The Bertz CT molecular complexity index is 240.